The Bertz CT molecular complexity index is 925. The van der Waals surface area contributed by atoms with Crippen molar-refractivity contribution in [3.05, 3.63) is 81.3 Å². The summed E-state index contributed by atoms with van der Waals surface area (Å²) in [5, 5.41) is 3.95. The van der Waals surface area contributed by atoms with Crippen LogP contribution in [0.25, 0.3) is 0 Å². The Morgan fingerprint density at radius 3 is 2.74 bits per heavy atom. The van der Waals surface area contributed by atoms with Crippen molar-refractivity contribution in [1.82, 2.24) is 5.43 Å². The Balaban J connectivity index is 1.69. The molecule has 1 N–H and O–H groups in total. The smallest absolute Gasteiger partial charge is 0.307 e. The lowest BCUT2D eigenvalue weighted by Crippen LogP contribution is -2.16. The first kappa shape index (κ1) is 19.0. The van der Waals surface area contributed by atoms with E-state index in [1.54, 1.807) is 25.3 Å². The first-order valence-electron chi connectivity index (χ1n) is 8.08. The summed E-state index contributed by atoms with van der Waals surface area (Å²) in [7, 11) is 1.58. The third-order valence-corrected chi connectivity index (χ3v) is 4.40. The van der Waals surface area contributed by atoms with E-state index in [0.29, 0.717) is 18.1 Å². The highest BCUT2D eigenvalue weighted by Gasteiger charge is 2.12. The molecule has 0 spiro atoms. The van der Waals surface area contributed by atoms with Crippen LogP contribution in [0.3, 0.4) is 0 Å². The van der Waals surface area contributed by atoms with Crippen LogP contribution in [0, 0.1) is 3.57 Å². The summed E-state index contributed by atoms with van der Waals surface area (Å²) in [5.74, 6) is 1.04. The van der Waals surface area contributed by atoms with Gasteiger partial charge in [-0.3, -0.25) is 4.79 Å². The number of hydrogen-bond acceptors (Lipinski definition) is 5. The van der Waals surface area contributed by atoms with Crippen molar-refractivity contribution in [1.29, 1.82) is 0 Å². The number of nitrogens with one attached hydrogen (secondary N) is 1. The minimum Gasteiger partial charge on any atom is -0.493 e. The van der Waals surface area contributed by atoms with Gasteiger partial charge in [0.25, 0.3) is 0 Å². The van der Waals surface area contributed by atoms with Gasteiger partial charge < -0.3 is 13.9 Å². The van der Waals surface area contributed by atoms with E-state index in [9.17, 15) is 4.79 Å². The number of carbonyl (C=O) groups excluding carboxylic acids is 1. The number of halogens is 1. The summed E-state index contributed by atoms with van der Waals surface area (Å²) in [6.45, 7) is 0.444. The van der Waals surface area contributed by atoms with Crippen LogP contribution in [-0.2, 0) is 6.61 Å². The number of hydrogen-bond donors (Lipinski definition) is 1. The van der Waals surface area contributed by atoms with Gasteiger partial charge in [-0.25, -0.2) is 5.43 Å². The highest BCUT2D eigenvalue weighted by Crippen LogP contribution is 2.34. The van der Waals surface area contributed by atoms with Gasteiger partial charge in [0, 0.05) is 0 Å². The summed E-state index contributed by atoms with van der Waals surface area (Å²) >= 11 is 2.18. The van der Waals surface area contributed by atoms with Crippen molar-refractivity contribution in [3.8, 4) is 11.5 Å². The summed E-state index contributed by atoms with van der Waals surface area (Å²) in [6, 6.07) is 16.8. The molecule has 7 heteroatoms. The summed E-state index contributed by atoms with van der Waals surface area (Å²) < 4.78 is 17.3. The maximum atomic E-state index is 11.8. The van der Waals surface area contributed by atoms with E-state index in [0.717, 1.165) is 14.7 Å². The van der Waals surface area contributed by atoms with Gasteiger partial charge in [0.2, 0.25) is 0 Å². The molecule has 6 nitrogen and oxygen atoms in total. The topological polar surface area (TPSA) is 73.1 Å². The fraction of sp³-hybridized carbons (Fsp3) is 0.100. The van der Waals surface area contributed by atoms with Gasteiger partial charge in [-0.2, -0.15) is 5.10 Å². The van der Waals surface area contributed by atoms with Crippen molar-refractivity contribution in [2.24, 2.45) is 5.10 Å². The molecule has 0 unspecified atom stereocenters. The lowest BCUT2D eigenvalue weighted by Gasteiger charge is -2.13. The maximum Gasteiger partial charge on any atom is 0.307 e. The highest BCUT2D eigenvalue weighted by atomic mass is 127. The van der Waals surface area contributed by atoms with Crippen LogP contribution < -0.4 is 14.9 Å². The Morgan fingerprint density at radius 2 is 2.04 bits per heavy atom. The summed E-state index contributed by atoms with van der Waals surface area (Å²) in [4.78, 5) is 11.8. The van der Waals surface area contributed by atoms with Crippen LogP contribution in [0.5, 0.6) is 11.5 Å². The van der Waals surface area contributed by atoms with Crippen LogP contribution >= 0.6 is 22.6 Å². The molecular formula is C20H17IN2O4. The average Bonchev–Trinajstić information content (AvgIpc) is 3.22. The molecule has 138 valence electrons. The van der Waals surface area contributed by atoms with Crippen molar-refractivity contribution >= 4 is 34.7 Å². The molecule has 0 saturated carbocycles. The SMILES string of the molecule is COc1cc(/C=N\NC(=O)c2ccco2)cc(I)c1OCc1ccccc1. The van der Waals surface area contributed by atoms with E-state index in [1.165, 1.54) is 12.5 Å². The molecule has 1 heterocycles. The number of carbonyl (C=O) groups is 1. The molecule has 1 aromatic heterocycles. The Morgan fingerprint density at radius 1 is 1.22 bits per heavy atom. The largest absolute Gasteiger partial charge is 0.493 e. The zero-order valence-corrected chi connectivity index (χ0v) is 16.7. The van der Waals surface area contributed by atoms with Gasteiger partial charge in [-0.1, -0.05) is 30.3 Å². The van der Waals surface area contributed by atoms with Gasteiger partial charge in [0.1, 0.15) is 6.61 Å². The second kappa shape index (κ2) is 9.22. The third-order valence-electron chi connectivity index (χ3n) is 3.60. The summed E-state index contributed by atoms with van der Waals surface area (Å²) in [6.07, 6.45) is 2.96. The van der Waals surface area contributed by atoms with E-state index in [-0.39, 0.29) is 5.76 Å². The second-order valence-corrected chi connectivity index (χ2v) is 6.65. The van der Waals surface area contributed by atoms with Gasteiger partial charge in [-0.05, 0) is 58.0 Å². The number of amides is 1. The molecule has 0 saturated heterocycles. The summed E-state index contributed by atoms with van der Waals surface area (Å²) in [5.41, 5.74) is 4.25. The van der Waals surface area contributed by atoms with E-state index >= 15 is 0 Å². The first-order valence-corrected chi connectivity index (χ1v) is 9.16. The number of methoxy groups -OCH3 is 1. The van der Waals surface area contributed by atoms with Crippen LogP contribution in [0.15, 0.2) is 70.4 Å². The molecule has 0 aliphatic heterocycles. The molecule has 0 aliphatic carbocycles. The normalized spacial score (nSPS) is 10.7. The zero-order valence-electron chi connectivity index (χ0n) is 14.5. The standard InChI is InChI=1S/C20H17IN2O4/c1-25-18-11-15(12-22-23-20(24)17-8-5-9-26-17)10-16(21)19(18)27-13-14-6-3-2-4-7-14/h2-12H,13H2,1H3,(H,23,24)/b22-12-. The monoisotopic (exact) mass is 476 g/mol. The quantitative estimate of drug-likeness (QED) is 0.315. The van der Waals surface area contributed by atoms with Crippen molar-refractivity contribution in [2.75, 3.05) is 7.11 Å². The predicted octanol–water partition coefficient (Wildman–Crippen LogP) is 4.24. The van der Waals surface area contributed by atoms with E-state index < -0.39 is 5.91 Å². The Kier molecular flexibility index (Phi) is 6.48. The number of hydrazone groups is 1. The number of rotatable bonds is 7. The van der Waals surface area contributed by atoms with Crippen LogP contribution in [0.1, 0.15) is 21.7 Å². The minimum atomic E-state index is -0.416. The molecule has 1 amide bonds. The number of ether oxygens (including phenoxy) is 2. The molecule has 3 rings (SSSR count). The molecule has 27 heavy (non-hydrogen) atoms. The Hall–Kier alpha value is -2.81. The van der Waals surface area contributed by atoms with E-state index in [1.807, 2.05) is 36.4 Å². The molecule has 0 aliphatic rings. The fourth-order valence-corrected chi connectivity index (χ4v) is 3.09. The fourth-order valence-electron chi connectivity index (χ4n) is 2.31. The van der Waals surface area contributed by atoms with Gasteiger partial charge in [0.05, 0.1) is 23.2 Å². The predicted molar refractivity (Wildman–Crippen MR) is 110 cm³/mol. The van der Waals surface area contributed by atoms with Gasteiger partial charge in [0.15, 0.2) is 17.3 Å². The number of benzene rings is 2. The number of furan rings is 1. The van der Waals surface area contributed by atoms with Crippen molar-refractivity contribution in [3.63, 3.8) is 0 Å². The third kappa shape index (κ3) is 5.10. The molecular weight excluding hydrogens is 459 g/mol. The minimum absolute atomic E-state index is 0.198. The van der Waals surface area contributed by atoms with Crippen molar-refractivity contribution in [2.45, 2.75) is 6.61 Å². The van der Waals surface area contributed by atoms with Crippen molar-refractivity contribution < 1.29 is 18.7 Å². The molecule has 3 aromatic rings. The zero-order chi connectivity index (χ0) is 19.1. The molecule has 0 bridgehead atoms. The lowest BCUT2D eigenvalue weighted by molar-refractivity contribution is 0.0927. The molecule has 0 fully saturated rings. The van der Waals surface area contributed by atoms with Crippen LogP contribution in [-0.4, -0.2) is 19.2 Å². The average molecular weight is 476 g/mol. The van der Waals surface area contributed by atoms with E-state index in [2.05, 4.69) is 33.1 Å². The van der Waals surface area contributed by atoms with Crippen LogP contribution in [0.2, 0.25) is 0 Å². The highest BCUT2D eigenvalue weighted by molar-refractivity contribution is 14.1. The van der Waals surface area contributed by atoms with E-state index in [4.69, 9.17) is 13.9 Å². The second-order valence-electron chi connectivity index (χ2n) is 5.48. The molecule has 0 radical (unpaired) electrons. The lowest BCUT2D eigenvalue weighted by atomic mass is 10.2. The van der Waals surface area contributed by atoms with Gasteiger partial charge in [-0.15, -0.1) is 0 Å². The molecule has 2 aromatic carbocycles. The number of nitrogens with zero attached hydrogens (tertiary/aromatic N) is 1. The van der Waals surface area contributed by atoms with Crippen LogP contribution in [0.4, 0.5) is 0 Å². The molecule has 0 atom stereocenters. The van der Waals surface area contributed by atoms with Gasteiger partial charge >= 0.3 is 5.91 Å². The Labute approximate surface area is 170 Å². The first-order chi connectivity index (χ1) is 13.2. The maximum absolute atomic E-state index is 11.8.